The van der Waals surface area contributed by atoms with Gasteiger partial charge in [0.1, 0.15) is 11.6 Å². The fourth-order valence-electron chi connectivity index (χ4n) is 0.859. The lowest BCUT2D eigenvalue weighted by atomic mass is 10.3. The molecule has 15 heavy (non-hydrogen) atoms. The number of hydrogen-bond donors (Lipinski definition) is 1. The highest BCUT2D eigenvalue weighted by molar-refractivity contribution is 6.37. The van der Waals surface area contributed by atoms with Gasteiger partial charge in [0.25, 0.3) is 0 Å². The molecule has 1 rings (SSSR count). The molecule has 0 radical (unpaired) electrons. The highest BCUT2D eigenvalue weighted by Gasteiger charge is 2.15. The van der Waals surface area contributed by atoms with E-state index in [2.05, 4.69) is 4.74 Å². The molecular weight excluding hydrogens is 208 g/mol. The monoisotopic (exact) mass is 215 g/mol. The van der Waals surface area contributed by atoms with Crippen molar-refractivity contribution >= 4 is 17.6 Å². The third kappa shape index (κ3) is 2.73. The Labute approximate surface area is 83.8 Å². The lowest BCUT2D eigenvalue weighted by molar-refractivity contribution is -0.150. The Balaban J connectivity index is 2.85. The van der Waals surface area contributed by atoms with E-state index in [1.165, 1.54) is 0 Å². The number of methoxy groups -OCH3 is 1. The molecular formula is C9H7F2NO3. The number of ether oxygens (including phenoxy) is 1. The molecule has 1 amide bonds. The summed E-state index contributed by atoms with van der Waals surface area (Å²) in [6, 6.07) is 2.49. The van der Waals surface area contributed by atoms with Gasteiger partial charge >= 0.3 is 11.9 Å². The van der Waals surface area contributed by atoms with Crippen molar-refractivity contribution in [3.05, 3.63) is 29.8 Å². The van der Waals surface area contributed by atoms with Crippen LogP contribution in [0, 0.1) is 11.6 Å². The maximum Gasteiger partial charge on any atom is 0.396 e. The Kier molecular flexibility index (Phi) is 3.33. The number of carbonyl (C=O) groups excluding carboxylic acids is 2. The summed E-state index contributed by atoms with van der Waals surface area (Å²) in [7, 11) is 1.00. The molecule has 0 atom stereocenters. The van der Waals surface area contributed by atoms with Crippen molar-refractivity contribution < 1.29 is 23.1 Å². The Morgan fingerprint density at radius 2 is 2.00 bits per heavy atom. The van der Waals surface area contributed by atoms with E-state index in [0.29, 0.717) is 0 Å². The first-order chi connectivity index (χ1) is 7.04. The third-order valence-electron chi connectivity index (χ3n) is 1.55. The fourth-order valence-corrected chi connectivity index (χ4v) is 0.859. The second-order valence-electron chi connectivity index (χ2n) is 2.57. The summed E-state index contributed by atoms with van der Waals surface area (Å²) < 4.78 is 29.7. The average molecular weight is 215 g/mol. The minimum absolute atomic E-state index is 0.412. The van der Waals surface area contributed by atoms with Gasteiger partial charge in [-0.25, -0.2) is 13.6 Å². The van der Waals surface area contributed by atoms with Crippen LogP contribution in [0.2, 0.25) is 0 Å². The van der Waals surface area contributed by atoms with Gasteiger partial charge in [0, 0.05) is 6.07 Å². The van der Waals surface area contributed by atoms with Gasteiger partial charge in [-0.3, -0.25) is 4.79 Å². The molecule has 80 valence electrons. The van der Waals surface area contributed by atoms with Crippen molar-refractivity contribution in [1.82, 2.24) is 0 Å². The number of anilines is 1. The zero-order chi connectivity index (χ0) is 11.4. The molecule has 1 aromatic rings. The number of benzene rings is 1. The second kappa shape index (κ2) is 4.50. The number of amides is 1. The van der Waals surface area contributed by atoms with Crippen LogP contribution in [-0.2, 0) is 14.3 Å². The van der Waals surface area contributed by atoms with E-state index in [4.69, 9.17) is 0 Å². The maximum atomic E-state index is 13.0. The van der Waals surface area contributed by atoms with Crippen LogP contribution in [0.1, 0.15) is 0 Å². The van der Waals surface area contributed by atoms with Gasteiger partial charge in [-0.15, -0.1) is 0 Å². The number of hydrogen-bond acceptors (Lipinski definition) is 3. The predicted octanol–water partition coefficient (Wildman–Crippen LogP) is 1.08. The van der Waals surface area contributed by atoms with Crippen LogP contribution in [0.25, 0.3) is 0 Å². The minimum Gasteiger partial charge on any atom is -0.462 e. The molecule has 6 heteroatoms. The van der Waals surface area contributed by atoms with Gasteiger partial charge in [0.2, 0.25) is 0 Å². The lowest BCUT2D eigenvalue weighted by Gasteiger charge is -2.04. The van der Waals surface area contributed by atoms with Gasteiger partial charge in [-0.2, -0.15) is 0 Å². The quantitative estimate of drug-likeness (QED) is 0.563. The van der Waals surface area contributed by atoms with Gasteiger partial charge in [0.15, 0.2) is 0 Å². The molecule has 0 aliphatic rings. The fraction of sp³-hybridized carbons (Fsp3) is 0.111. The molecule has 1 N–H and O–H groups in total. The molecule has 0 saturated heterocycles. The smallest absolute Gasteiger partial charge is 0.396 e. The number of esters is 1. The van der Waals surface area contributed by atoms with E-state index >= 15 is 0 Å². The molecule has 0 bridgehead atoms. The number of nitrogens with one attached hydrogen (secondary N) is 1. The van der Waals surface area contributed by atoms with Gasteiger partial charge in [-0.1, -0.05) is 0 Å². The van der Waals surface area contributed by atoms with Crippen LogP contribution >= 0.6 is 0 Å². The van der Waals surface area contributed by atoms with E-state index in [0.717, 1.165) is 25.3 Å². The third-order valence-corrected chi connectivity index (χ3v) is 1.55. The lowest BCUT2D eigenvalue weighted by Crippen LogP contribution is -2.24. The Morgan fingerprint density at radius 1 is 1.33 bits per heavy atom. The number of carbonyl (C=O) groups is 2. The Hall–Kier alpha value is -1.98. The minimum atomic E-state index is -1.18. The summed E-state index contributed by atoms with van der Waals surface area (Å²) in [6.45, 7) is 0. The SMILES string of the molecule is COC(=O)C(=O)Nc1cc(F)ccc1F. The van der Waals surface area contributed by atoms with E-state index in [-0.39, 0.29) is 0 Å². The Bertz CT molecular complexity index is 406. The van der Waals surface area contributed by atoms with Gasteiger partial charge in [-0.05, 0) is 12.1 Å². The largest absolute Gasteiger partial charge is 0.462 e. The molecule has 0 saturated carbocycles. The van der Waals surface area contributed by atoms with E-state index < -0.39 is 29.2 Å². The van der Waals surface area contributed by atoms with Crippen molar-refractivity contribution in [3.8, 4) is 0 Å². The zero-order valence-corrected chi connectivity index (χ0v) is 7.71. The first kappa shape index (κ1) is 11.1. The molecule has 0 fully saturated rings. The number of halogens is 2. The first-order valence-electron chi connectivity index (χ1n) is 3.89. The molecule has 0 heterocycles. The van der Waals surface area contributed by atoms with E-state index in [1.54, 1.807) is 0 Å². The molecule has 0 aliphatic heterocycles. The maximum absolute atomic E-state index is 13.0. The molecule has 0 unspecified atom stereocenters. The van der Waals surface area contributed by atoms with Gasteiger partial charge in [0.05, 0.1) is 12.8 Å². The summed E-state index contributed by atoms with van der Waals surface area (Å²) in [5, 5.41) is 1.87. The topological polar surface area (TPSA) is 55.4 Å². The summed E-state index contributed by atoms with van der Waals surface area (Å²) >= 11 is 0. The summed E-state index contributed by atoms with van der Waals surface area (Å²) in [4.78, 5) is 21.6. The molecule has 4 nitrogen and oxygen atoms in total. The van der Waals surface area contributed by atoms with Crippen molar-refractivity contribution in [2.24, 2.45) is 0 Å². The van der Waals surface area contributed by atoms with Crippen molar-refractivity contribution in [2.75, 3.05) is 12.4 Å². The van der Waals surface area contributed by atoms with Crippen LogP contribution in [0.15, 0.2) is 18.2 Å². The van der Waals surface area contributed by atoms with Crippen LogP contribution in [-0.4, -0.2) is 19.0 Å². The highest BCUT2D eigenvalue weighted by Crippen LogP contribution is 2.14. The summed E-state index contributed by atoms with van der Waals surface area (Å²) in [5.41, 5.74) is -0.412. The normalized spacial score (nSPS) is 9.53. The average Bonchev–Trinajstić information content (AvgIpc) is 2.22. The number of rotatable bonds is 1. The predicted molar refractivity (Wildman–Crippen MR) is 47.0 cm³/mol. The summed E-state index contributed by atoms with van der Waals surface area (Å²) in [6.07, 6.45) is 0. The standard InChI is InChI=1S/C9H7F2NO3/c1-15-9(14)8(13)12-7-4-5(10)2-3-6(7)11/h2-4H,1H3,(H,12,13). The van der Waals surface area contributed by atoms with E-state index in [1.807, 2.05) is 5.32 Å². The second-order valence-corrected chi connectivity index (χ2v) is 2.57. The van der Waals surface area contributed by atoms with Gasteiger partial charge < -0.3 is 10.1 Å². The van der Waals surface area contributed by atoms with Crippen LogP contribution in [0.5, 0.6) is 0 Å². The van der Waals surface area contributed by atoms with Crippen molar-refractivity contribution in [3.63, 3.8) is 0 Å². The van der Waals surface area contributed by atoms with Crippen LogP contribution < -0.4 is 5.32 Å². The molecule has 1 aromatic carbocycles. The van der Waals surface area contributed by atoms with E-state index in [9.17, 15) is 18.4 Å². The highest BCUT2D eigenvalue weighted by atomic mass is 19.1. The van der Waals surface area contributed by atoms with Crippen LogP contribution in [0.3, 0.4) is 0 Å². The summed E-state index contributed by atoms with van der Waals surface area (Å²) in [5.74, 6) is -3.91. The molecule has 0 aliphatic carbocycles. The first-order valence-corrected chi connectivity index (χ1v) is 3.89. The zero-order valence-electron chi connectivity index (χ0n) is 7.71. The van der Waals surface area contributed by atoms with Crippen molar-refractivity contribution in [1.29, 1.82) is 0 Å². The molecule has 0 spiro atoms. The van der Waals surface area contributed by atoms with Crippen molar-refractivity contribution in [2.45, 2.75) is 0 Å². The Morgan fingerprint density at radius 3 is 2.60 bits per heavy atom. The van der Waals surface area contributed by atoms with Crippen LogP contribution in [0.4, 0.5) is 14.5 Å². The molecule has 0 aromatic heterocycles.